The molecule has 0 amide bonds. The van der Waals surface area contributed by atoms with Crippen molar-refractivity contribution >= 4 is 81.3 Å². The van der Waals surface area contributed by atoms with Crippen molar-refractivity contribution in [2.45, 2.75) is 0 Å². The van der Waals surface area contributed by atoms with Crippen LogP contribution >= 0.6 is 11.3 Å². The Morgan fingerprint density at radius 2 is 1.16 bits per heavy atom. The minimum absolute atomic E-state index is 0.896. The fourth-order valence-corrected chi connectivity index (χ4v) is 6.65. The molecule has 0 atom stereocenters. The monoisotopic (exact) mass is 491 g/mol. The van der Waals surface area contributed by atoms with Crippen LogP contribution in [0, 0.1) is 0 Å². The Labute approximate surface area is 217 Å². The van der Waals surface area contributed by atoms with Crippen LogP contribution in [-0.4, -0.2) is 0 Å². The number of benzene rings is 6. The Bertz CT molecular complexity index is 2100. The third-order valence-corrected chi connectivity index (χ3v) is 8.37. The summed E-state index contributed by atoms with van der Waals surface area (Å²) in [5.74, 6) is 0. The Hall–Kier alpha value is -4.60. The highest BCUT2D eigenvalue weighted by molar-refractivity contribution is 7.26. The van der Waals surface area contributed by atoms with E-state index < -0.39 is 0 Å². The zero-order valence-corrected chi connectivity index (χ0v) is 20.7. The van der Waals surface area contributed by atoms with E-state index in [1.807, 2.05) is 23.5 Å². The maximum absolute atomic E-state index is 6.25. The van der Waals surface area contributed by atoms with Crippen LogP contribution in [0.1, 0.15) is 0 Å². The van der Waals surface area contributed by atoms with Crippen molar-refractivity contribution in [1.29, 1.82) is 0 Å². The Balaban J connectivity index is 1.38. The largest absolute Gasteiger partial charge is 0.456 e. The molecule has 3 heteroatoms. The topological polar surface area (TPSA) is 16.4 Å². The van der Waals surface area contributed by atoms with Crippen LogP contribution in [0.3, 0.4) is 0 Å². The minimum Gasteiger partial charge on any atom is -0.456 e. The van der Waals surface area contributed by atoms with Crippen LogP contribution in [0.5, 0.6) is 0 Å². The number of thiophene rings is 1. The van der Waals surface area contributed by atoms with Gasteiger partial charge in [0.2, 0.25) is 0 Å². The molecule has 6 aromatic carbocycles. The van der Waals surface area contributed by atoms with E-state index in [0.717, 1.165) is 39.0 Å². The van der Waals surface area contributed by atoms with Gasteiger partial charge in [-0.1, -0.05) is 66.7 Å². The van der Waals surface area contributed by atoms with E-state index in [2.05, 4.69) is 120 Å². The van der Waals surface area contributed by atoms with Gasteiger partial charge in [0.1, 0.15) is 11.2 Å². The van der Waals surface area contributed by atoms with Gasteiger partial charge >= 0.3 is 0 Å². The van der Waals surface area contributed by atoms with Crippen LogP contribution in [0.2, 0.25) is 0 Å². The number of furan rings is 1. The van der Waals surface area contributed by atoms with E-state index in [9.17, 15) is 0 Å². The lowest BCUT2D eigenvalue weighted by molar-refractivity contribution is 0.669. The van der Waals surface area contributed by atoms with Gasteiger partial charge in [-0.05, 0) is 65.4 Å². The van der Waals surface area contributed by atoms with Crippen molar-refractivity contribution in [2.24, 2.45) is 0 Å². The van der Waals surface area contributed by atoms with Gasteiger partial charge < -0.3 is 9.32 Å². The van der Waals surface area contributed by atoms with Crippen molar-refractivity contribution in [3.05, 3.63) is 127 Å². The first kappa shape index (κ1) is 20.6. The molecule has 2 heterocycles. The van der Waals surface area contributed by atoms with E-state index in [-0.39, 0.29) is 0 Å². The number of para-hydroxylation sites is 2. The van der Waals surface area contributed by atoms with Crippen LogP contribution in [0.15, 0.2) is 132 Å². The van der Waals surface area contributed by atoms with Crippen LogP contribution < -0.4 is 4.90 Å². The molecule has 0 unspecified atom stereocenters. The van der Waals surface area contributed by atoms with E-state index in [4.69, 9.17) is 4.42 Å². The van der Waals surface area contributed by atoms with Gasteiger partial charge in [-0.25, -0.2) is 0 Å². The molecular formula is C34H21NOS. The molecule has 2 aromatic heterocycles. The smallest absolute Gasteiger partial charge is 0.137 e. The van der Waals surface area contributed by atoms with E-state index >= 15 is 0 Å². The number of rotatable bonds is 3. The summed E-state index contributed by atoms with van der Waals surface area (Å²) in [7, 11) is 0. The second kappa shape index (κ2) is 7.95. The van der Waals surface area contributed by atoms with Crippen LogP contribution in [0.25, 0.3) is 52.9 Å². The molecule has 0 aliphatic heterocycles. The number of nitrogens with zero attached hydrogens (tertiary/aromatic N) is 1. The molecule has 0 saturated carbocycles. The summed E-state index contributed by atoms with van der Waals surface area (Å²) in [4.78, 5) is 2.32. The molecule has 2 nitrogen and oxygen atoms in total. The van der Waals surface area contributed by atoms with E-state index in [0.29, 0.717) is 0 Å². The standard InChI is InChI=1S/C34H21NOS/c1-2-9-23(10-3-1)35(25-15-17-28-27-12-6-7-13-30(27)36-31(28)21-25)24-16-19-32-29(20-24)34-26-11-5-4-8-22(26)14-18-33(34)37-32/h1-21H. The second-order valence-corrected chi connectivity index (χ2v) is 10.5. The first-order chi connectivity index (χ1) is 18.3. The zero-order chi connectivity index (χ0) is 24.3. The van der Waals surface area contributed by atoms with Gasteiger partial charge in [-0.3, -0.25) is 0 Å². The van der Waals surface area contributed by atoms with Gasteiger partial charge in [0.15, 0.2) is 0 Å². The average molecular weight is 492 g/mol. The fourth-order valence-electron chi connectivity index (χ4n) is 5.55. The number of fused-ring (bicyclic) bond motifs is 8. The van der Waals surface area contributed by atoms with Crippen LogP contribution in [0.4, 0.5) is 17.1 Å². The Morgan fingerprint density at radius 3 is 2.08 bits per heavy atom. The van der Waals surface area contributed by atoms with E-state index in [1.165, 1.54) is 30.9 Å². The highest BCUT2D eigenvalue weighted by Gasteiger charge is 2.17. The molecule has 0 N–H and O–H groups in total. The average Bonchev–Trinajstić information content (AvgIpc) is 3.51. The number of hydrogen-bond donors (Lipinski definition) is 0. The van der Waals surface area contributed by atoms with Gasteiger partial charge in [-0.15, -0.1) is 11.3 Å². The molecule has 174 valence electrons. The molecule has 0 fully saturated rings. The third-order valence-electron chi connectivity index (χ3n) is 7.24. The Morgan fingerprint density at radius 1 is 0.459 bits per heavy atom. The first-order valence-corrected chi connectivity index (χ1v) is 13.3. The van der Waals surface area contributed by atoms with Crippen LogP contribution in [-0.2, 0) is 0 Å². The van der Waals surface area contributed by atoms with Crippen molar-refractivity contribution < 1.29 is 4.42 Å². The third kappa shape index (κ3) is 3.18. The van der Waals surface area contributed by atoms with Crippen molar-refractivity contribution in [2.75, 3.05) is 4.90 Å². The summed E-state index contributed by atoms with van der Waals surface area (Å²) in [6.07, 6.45) is 0. The molecule has 8 rings (SSSR count). The lowest BCUT2D eigenvalue weighted by atomic mass is 10.0. The summed E-state index contributed by atoms with van der Waals surface area (Å²) >= 11 is 1.86. The SMILES string of the molecule is c1ccc(N(c2ccc3c(c2)oc2ccccc23)c2ccc3sc4ccc5ccccc5c4c3c2)cc1. The molecular weight excluding hydrogens is 470 g/mol. The molecule has 0 radical (unpaired) electrons. The summed E-state index contributed by atoms with van der Waals surface area (Å²) in [6.45, 7) is 0. The molecule has 0 spiro atoms. The van der Waals surface area contributed by atoms with Gasteiger partial charge in [0.25, 0.3) is 0 Å². The quantitative estimate of drug-likeness (QED) is 0.244. The molecule has 0 aliphatic rings. The van der Waals surface area contributed by atoms with Crippen molar-refractivity contribution in [1.82, 2.24) is 0 Å². The maximum Gasteiger partial charge on any atom is 0.137 e. The van der Waals surface area contributed by atoms with Gasteiger partial charge in [0.05, 0.1) is 0 Å². The van der Waals surface area contributed by atoms with Crippen molar-refractivity contribution in [3.8, 4) is 0 Å². The lowest BCUT2D eigenvalue weighted by Gasteiger charge is -2.25. The summed E-state index contributed by atoms with van der Waals surface area (Å²) in [5, 5.41) is 7.49. The van der Waals surface area contributed by atoms with E-state index in [1.54, 1.807) is 0 Å². The number of hydrogen-bond acceptors (Lipinski definition) is 3. The minimum atomic E-state index is 0.896. The van der Waals surface area contributed by atoms with Gasteiger partial charge in [0, 0.05) is 54.1 Å². The maximum atomic E-state index is 6.25. The second-order valence-electron chi connectivity index (χ2n) is 9.39. The zero-order valence-electron chi connectivity index (χ0n) is 19.9. The summed E-state index contributed by atoms with van der Waals surface area (Å²) in [5.41, 5.74) is 5.12. The fraction of sp³-hybridized carbons (Fsp3) is 0. The highest BCUT2D eigenvalue weighted by Crippen LogP contribution is 2.43. The first-order valence-electron chi connectivity index (χ1n) is 12.4. The molecule has 8 aromatic rings. The summed E-state index contributed by atoms with van der Waals surface area (Å²) < 4.78 is 8.88. The van der Waals surface area contributed by atoms with Gasteiger partial charge in [-0.2, -0.15) is 0 Å². The molecule has 0 bridgehead atoms. The number of anilines is 3. The predicted octanol–water partition coefficient (Wildman–Crippen LogP) is 10.6. The summed E-state index contributed by atoms with van der Waals surface area (Å²) in [6, 6.07) is 45.3. The predicted molar refractivity (Wildman–Crippen MR) is 159 cm³/mol. The van der Waals surface area contributed by atoms with Crippen molar-refractivity contribution in [3.63, 3.8) is 0 Å². The molecule has 37 heavy (non-hydrogen) atoms. The lowest BCUT2D eigenvalue weighted by Crippen LogP contribution is -2.09. The highest BCUT2D eigenvalue weighted by atomic mass is 32.1. The Kier molecular flexibility index (Phi) is 4.42. The molecule has 0 aliphatic carbocycles. The molecule has 0 saturated heterocycles. The normalized spacial score (nSPS) is 11.8.